The summed E-state index contributed by atoms with van der Waals surface area (Å²) in [6.45, 7) is 2.50. The van der Waals surface area contributed by atoms with Crippen LogP contribution in [0.25, 0.3) is 22.1 Å². The fourth-order valence-corrected chi connectivity index (χ4v) is 4.58. The number of furan rings is 1. The van der Waals surface area contributed by atoms with E-state index in [9.17, 15) is 9.59 Å². The summed E-state index contributed by atoms with van der Waals surface area (Å²) in [7, 11) is 1.29. The molecule has 0 saturated heterocycles. The van der Waals surface area contributed by atoms with Crippen LogP contribution in [0.15, 0.2) is 101 Å². The number of amides is 1. The summed E-state index contributed by atoms with van der Waals surface area (Å²) in [6.07, 6.45) is 0.248. The Bertz CT molecular complexity index is 1640. The Balaban J connectivity index is 1.25. The van der Waals surface area contributed by atoms with E-state index in [1.165, 1.54) is 12.7 Å². The van der Waals surface area contributed by atoms with Crippen LogP contribution in [0, 0.1) is 6.92 Å². The molecule has 6 nitrogen and oxygen atoms in total. The first-order valence-corrected chi connectivity index (χ1v) is 13.2. The second-order valence-electron chi connectivity index (χ2n) is 9.55. The molecule has 0 aliphatic heterocycles. The van der Waals surface area contributed by atoms with E-state index in [4.69, 9.17) is 25.5 Å². The van der Waals surface area contributed by atoms with Gasteiger partial charge in [-0.15, -0.1) is 0 Å². The van der Waals surface area contributed by atoms with Gasteiger partial charge in [-0.2, -0.15) is 0 Å². The Morgan fingerprint density at radius 3 is 2.35 bits per heavy atom. The SMILES string of the molecule is COC(=O)[C@H](Cc1ccc(OCc2cccc(C)c2)cc1)NC(=O)c1cc2ccc(-c3ccc(Cl)cc3)cc2o1. The van der Waals surface area contributed by atoms with Gasteiger partial charge in [-0.05, 0) is 65.6 Å². The number of ether oxygens (including phenoxy) is 2. The fourth-order valence-electron chi connectivity index (χ4n) is 4.46. The molecule has 0 spiro atoms. The second-order valence-corrected chi connectivity index (χ2v) is 9.98. The third-order valence-electron chi connectivity index (χ3n) is 6.56. The Kier molecular flexibility index (Phi) is 8.18. The summed E-state index contributed by atoms with van der Waals surface area (Å²) < 4.78 is 16.7. The van der Waals surface area contributed by atoms with Crippen molar-refractivity contribution >= 4 is 34.4 Å². The van der Waals surface area contributed by atoms with Gasteiger partial charge in [0.25, 0.3) is 5.91 Å². The number of fused-ring (bicyclic) bond motifs is 1. The number of halogens is 1. The van der Waals surface area contributed by atoms with Crippen LogP contribution in [0.3, 0.4) is 0 Å². The molecule has 5 aromatic rings. The summed E-state index contributed by atoms with van der Waals surface area (Å²) in [5, 5.41) is 4.19. The average molecular weight is 554 g/mol. The van der Waals surface area contributed by atoms with E-state index < -0.39 is 17.9 Å². The molecular formula is C33H28ClNO5. The lowest BCUT2D eigenvalue weighted by atomic mass is 10.0. The molecule has 1 amide bonds. The summed E-state index contributed by atoms with van der Waals surface area (Å²) in [6, 6.07) is 29.5. The zero-order valence-electron chi connectivity index (χ0n) is 22.1. The van der Waals surface area contributed by atoms with Crippen molar-refractivity contribution in [1.29, 1.82) is 0 Å². The van der Waals surface area contributed by atoms with E-state index >= 15 is 0 Å². The third kappa shape index (κ3) is 6.53. The molecule has 0 radical (unpaired) electrons. The van der Waals surface area contributed by atoms with Gasteiger partial charge in [-0.25, -0.2) is 4.79 Å². The molecule has 7 heteroatoms. The van der Waals surface area contributed by atoms with Gasteiger partial charge in [-0.1, -0.05) is 77.8 Å². The molecule has 4 aromatic carbocycles. The summed E-state index contributed by atoms with van der Waals surface area (Å²) in [4.78, 5) is 25.6. The van der Waals surface area contributed by atoms with E-state index in [1.54, 1.807) is 6.07 Å². The first-order chi connectivity index (χ1) is 19.4. The van der Waals surface area contributed by atoms with Crippen LogP contribution in [0.4, 0.5) is 0 Å². The zero-order valence-corrected chi connectivity index (χ0v) is 22.9. The molecule has 40 heavy (non-hydrogen) atoms. The van der Waals surface area contributed by atoms with Crippen LogP contribution in [0.1, 0.15) is 27.2 Å². The van der Waals surface area contributed by atoms with Gasteiger partial charge in [0.2, 0.25) is 0 Å². The smallest absolute Gasteiger partial charge is 0.328 e. The van der Waals surface area contributed by atoms with Crippen molar-refractivity contribution in [2.75, 3.05) is 7.11 Å². The number of aryl methyl sites for hydroxylation is 1. The van der Waals surface area contributed by atoms with Gasteiger partial charge >= 0.3 is 5.97 Å². The quantitative estimate of drug-likeness (QED) is 0.196. The predicted molar refractivity (Wildman–Crippen MR) is 156 cm³/mol. The van der Waals surface area contributed by atoms with Crippen molar-refractivity contribution in [2.24, 2.45) is 0 Å². The molecule has 1 atom stereocenters. The van der Waals surface area contributed by atoms with Crippen molar-refractivity contribution in [3.63, 3.8) is 0 Å². The molecule has 0 unspecified atom stereocenters. The van der Waals surface area contributed by atoms with Crippen molar-refractivity contribution in [3.05, 3.63) is 125 Å². The molecule has 1 aromatic heterocycles. The molecule has 1 heterocycles. The number of methoxy groups -OCH3 is 1. The maximum atomic E-state index is 13.1. The highest BCUT2D eigenvalue weighted by Crippen LogP contribution is 2.28. The van der Waals surface area contributed by atoms with Gasteiger partial charge in [-0.3, -0.25) is 4.79 Å². The lowest BCUT2D eigenvalue weighted by Gasteiger charge is -2.16. The maximum absolute atomic E-state index is 13.1. The molecule has 1 N–H and O–H groups in total. The Hall–Kier alpha value is -4.55. The van der Waals surface area contributed by atoms with Crippen LogP contribution < -0.4 is 10.1 Å². The van der Waals surface area contributed by atoms with Crippen molar-refractivity contribution in [2.45, 2.75) is 26.0 Å². The van der Waals surface area contributed by atoms with Gasteiger partial charge in [0, 0.05) is 16.8 Å². The van der Waals surface area contributed by atoms with Crippen LogP contribution in [0.5, 0.6) is 5.75 Å². The number of benzene rings is 4. The minimum Gasteiger partial charge on any atom is -0.489 e. The predicted octanol–water partition coefficient (Wildman–Crippen LogP) is 7.15. The first-order valence-electron chi connectivity index (χ1n) is 12.8. The van der Waals surface area contributed by atoms with Gasteiger partial charge in [0.05, 0.1) is 7.11 Å². The molecular weight excluding hydrogens is 526 g/mol. The average Bonchev–Trinajstić information content (AvgIpc) is 3.40. The van der Waals surface area contributed by atoms with Crippen LogP contribution in [0.2, 0.25) is 5.02 Å². The lowest BCUT2D eigenvalue weighted by molar-refractivity contribution is -0.142. The largest absolute Gasteiger partial charge is 0.489 e. The number of hydrogen-bond acceptors (Lipinski definition) is 5. The minimum atomic E-state index is -0.894. The fraction of sp³-hybridized carbons (Fsp3) is 0.152. The molecule has 0 bridgehead atoms. The van der Waals surface area contributed by atoms with E-state index in [2.05, 4.69) is 11.4 Å². The summed E-state index contributed by atoms with van der Waals surface area (Å²) >= 11 is 6.00. The number of carbonyl (C=O) groups excluding carboxylic acids is 2. The van der Waals surface area contributed by atoms with Crippen molar-refractivity contribution < 1.29 is 23.5 Å². The molecule has 0 aliphatic rings. The van der Waals surface area contributed by atoms with Crippen LogP contribution >= 0.6 is 11.6 Å². The number of carbonyl (C=O) groups is 2. The lowest BCUT2D eigenvalue weighted by Crippen LogP contribution is -2.42. The highest BCUT2D eigenvalue weighted by molar-refractivity contribution is 6.30. The molecule has 0 fully saturated rings. The number of rotatable bonds is 9. The standard InChI is InChI=1S/C33H28ClNO5/c1-21-4-3-5-23(16-21)20-39-28-14-6-22(7-15-28)17-29(33(37)38-2)35-32(36)31-19-26-9-8-25(18-30(26)40-31)24-10-12-27(34)13-11-24/h3-16,18-19,29H,17,20H2,1-2H3,(H,35,36)/t29-/m0/s1. The van der Waals surface area contributed by atoms with Gasteiger partial charge in [0.15, 0.2) is 5.76 Å². The summed E-state index contributed by atoms with van der Waals surface area (Å²) in [5.41, 5.74) is 5.58. The van der Waals surface area contributed by atoms with E-state index in [-0.39, 0.29) is 12.2 Å². The molecule has 0 aliphatic carbocycles. The monoisotopic (exact) mass is 553 g/mol. The second kappa shape index (κ2) is 12.1. The topological polar surface area (TPSA) is 77.8 Å². The maximum Gasteiger partial charge on any atom is 0.328 e. The van der Waals surface area contributed by atoms with Crippen molar-refractivity contribution in [1.82, 2.24) is 5.32 Å². The van der Waals surface area contributed by atoms with E-state index in [0.717, 1.165) is 27.6 Å². The van der Waals surface area contributed by atoms with Gasteiger partial charge in [0.1, 0.15) is 24.0 Å². The normalized spacial score (nSPS) is 11.7. The number of nitrogens with one attached hydrogen (secondary N) is 1. The van der Waals surface area contributed by atoms with Crippen LogP contribution in [-0.2, 0) is 22.6 Å². The number of hydrogen-bond donors (Lipinski definition) is 1. The molecule has 202 valence electrons. The first kappa shape index (κ1) is 27.0. The Morgan fingerprint density at radius 1 is 0.875 bits per heavy atom. The zero-order chi connectivity index (χ0) is 28.1. The van der Waals surface area contributed by atoms with E-state index in [1.807, 2.05) is 91.9 Å². The molecule has 0 saturated carbocycles. The number of esters is 1. The third-order valence-corrected chi connectivity index (χ3v) is 6.82. The highest BCUT2D eigenvalue weighted by Gasteiger charge is 2.24. The minimum absolute atomic E-state index is 0.108. The van der Waals surface area contributed by atoms with Crippen LogP contribution in [-0.4, -0.2) is 25.0 Å². The highest BCUT2D eigenvalue weighted by atomic mass is 35.5. The summed E-state index contributed by atoms with van der Waals surface area (Å²) in [5.74, 6) is -0.228. The Labute approximate surface area is 237 Å². The van der Waals surface area contributed by atoms with Crippen molar-refractivity contribution in [3.8, 4) is 16.9 Å². The van der Waals surface area contributed by atoms with Gasteiger partial charge < -0.3 is 19.2 Å². The van der Waals surface area contributed by atoms with E-state index in [0.29, 0.717) is 23.0 Å². The molecule has 5 rings (SSSR count). The Morgan fingerprint density at radius 2 is 1.62 bits per heavy atom.